The molecule has 0 atom stereocenters. The van der Waals surface area contributed by atoms with Gasteiger partial charge in [-0.15, -0.1) is 29.7 Å². The van der Waals surface area contributed by atoms with Crippen molar-refractivity contribution in [2.75, 3.05) is 0 Å². The van der Waals surface area contributed by atoms with Crippen molar-refractivity contribution in [3.8, 4) is 95.5 Å². The van der Waals surface area contributed by atoms with Crippen LogP contribution in [-0.4, -0.2) is 14.1 Å². The second-order valence-corrected chi connectivity index (χ2v) is 29.8. The molecule has 0 radical (unpaired) electrons. The van der Waals surface area contributed by atoms with Crippen LogP contribution in [0.1, 0.15) is 124 Å². The van der Waals surface area contributed by atoms with E-state index in [4.69, 9.17) is 22.4 Å². The topological polar surface area (TPSA) is 49.0 Å². The normalized spacial score (nSPS) is 15.2. The molecule has 0 amide bonds. The zero-order chi connectivity index (χ0) is 70.9. The average Bonchev–Trinajstić information content (AvgIpc) is 1.67. The zero-order valence-electron chi connectivity index (χ0n) is 62.1. The third kappa shape index (κ3) is 10.2. The number of hydrogen-bond donors (Lipinski definition) is 0. The van der Waals surface area contributed by atoms with Crippen LogP contribution >= 0.6 is 0 Å². The third-order valence-corrected chi connectivity index (χ3v) is 20.6. The number of aryl methyl sites for hydroxylation is 2. The van der Waals surface area contributed by atoms with Gasteiger partial charge in [0.25, 0.3) is 6.33 Å². The van der Waals surface area contributed by atoms with Crippen molar-refractivity contribution in [3.05, 3.63) is 270 Å². The average molecular weight is 1450 g/mol. The standard InChI is InChI=1S/C90H76N4O2.Pt/c1-54-21-19-22-55(2)84(54)59-45-70(56-31-34-60(35-32-56)87(3,4)5)85-75(46-59)72-52-77-76(89(9,10)40-41-90(77,11)12)51-71(72)65-25-13-14-26-66(65)74-44-58(57-33-38-82-73(43-57)69-28-16-18-30-81(69)96-82)47-80-86(74)93(85)53-92(80)62-23-20-24-63(49-62)95-64-36-37-68-67-27-15-17-29-78(67)94(79(68)50-64)83-48-61(39-42-91-83)88(6,7)8;/h13-39,42-48,51-52H,40-41H2,1-12H3;/q-2;/i1D3,2D3;. The third-order valence-electron chi connectivity index (χ3n) is 20.6. The fraction of sp³-hybridized carbons (Fsp3) is 0.200. The molecule has 0 spiro atoms. The molecule has 0 saturated carbocycles. The first kappa shape index (κ1) is 55.3. The molecule has 480 valence electrons. The molecule has 0 fully saturated rings. The Hall–Kier alpha value is -9.87. The van der Waals surface area contributed by atoms with Crippen molar-refractivity contribution in [1.82, 2.24) is 14.1 Å². The van der Waals surface area contributed by atoms with E-state index in [1.54, 1.807) is 18.2 Å². The van der Waals surface area contributed by atoms with Crippen molar-refractivity contribution in [1.29, 1.82) is 0 Å². The van der Waals surface area contributed by atoms with Gasteiger partial charge in [0.15, 0.2) is 0 Å². The summed E-state index contributed by atoms with van der Waals surface area (Å²) < 4.78 is 74.7. The molecular formula is C90H76N4O2Pt-2. The number of furan rings is 1. The number of rotatable bonds is 7. The quantitative estimate of drug-likeness (QED) is 0.118. The Morgan fingerprint density at radius 3 is 1.86 bits per heavy atom. The minimum absolute atomic E-state index is 0. The SMILES string of the molecule is [2H]C([2H])([2H])c1cccc(C([2H])([2H])[2H])c1-c1cc(-c2ccc(C(C)(C)C)cc2)c2c(c1)-c1cc3c(cc1-c1ccccc1-c1cc(-c4ccc5oc6ccccc6c5c4)cc4c1[n+]-2[c-]n4-c1[c-]c(Oc2[c-]c4c(cc2)c2ccccc2n4-c2cc(C(C)(C)C)ccn2)ccc1)C(C)(C)CCC3(C)C.[Pt]. The first-order valence-corrected chi connectivity index (χ1v) is 33.4. The minimum atomic E-state index is -2.69. The molecule has 15 aromatic rings. The van der Waals surface area contributed by atoms with E-state index in [0.29, 0.717) is 22.7 Å². The van der Waals surface area contributed by atoms with Crippen LogP contribution in [0.25, 0.3) is 139 Å². The molecule has 7 heteroatoms. The molecular weight excluding hydrogens is 1360 g/mol. The predicted octanol–water partition coefficient (Wildman–Crippen LogP) is 23.4. The van der Waals surface area contributed by atoms with Gasteiger partial charge in [-0.25, -0.2) is 4.98 Å². The molecule has 11 aromatic carbocycles. The number of imidazole rings is 1. The van der Waals surface area contributed by atoms with Crippen LogP contribution in [0.3, 0.4) is 0 Å². The number of aromatic nitrogens is 4. The van der Waals surface area contributed by atoms with Crippen LogP contribution in [0.4, 0.5) is 0 Å². The molecule has 0 bridgehead atoms. The number of ether oxygens (including phenoxy) is 1. The zero-order valence-corrected chi connectivity index (χ0v) is 58.4. The minimum Gasteiger partial charge on any atom is -0.510 e. The van der Waals surface area contributed by atoms with Crippen molar-refractivity contribution in [2.45, 2.75) is 117 Å². The summed E-state index contributed by atoms with van der Waals surface area (Å²) in [5, 5.41) is 4.12. The van der Waals surface area contributed by atoms with Gasteiger partial charge in [-0.3, -0.25) is 4.57 Å². The van der Waals surface area contributed by atoms with E-state index in [1.165, 1.54) is 16.7 Å². The maximum Gasteiger partial charge on any atom is 0.268 e. The smallest absolute Gasteiger partial charge is 0.268 e. The van der Waals surface area contributed by atoms with Gasteiger partial charge in [-0.05, 0) is 220 Å². The molecule has 6 nitrogen and oxygen atoms in total. The molecule has 1 aliphatic heterocycles. The number of fused-ring (bicyclic) bond motifs is 14. The molecule has 17 rings (SSSR count). The van der Waals surface area contributed by atoms with Gasteiger partial charge in [-0.2, -0.15) is 18.2 Å². The molecule has 0 N–H and O–H groups in total. The van der Waals surface area contributed by atoms with Crippen LogP contribution in [-0.2, 0) is 42.7 Å². The summed E-state index contributed by atoms with van der Waals surface area (Å²) in [7, 11) is 0. The predicted molar refractivity (Wildman–Crippen MR) is 396 cm³/mol. The maximum atomic E-state index is 9.13. The van der Waals surface area contributed by atoms with E-state index in [2.05, 4.69) is 247 Å². The summed E-state index contributed by atoms with van der Waals surface area (Å²) in [5.41, 5.74) is 20.2. The molecule has 0 unspecified atom stereocenters. The second-order valence-electron chi connectivity index (χ2n) is 29.8. The van der Waals surface area contributed by atoms with Gasteiger partial charge in [-0.1, -0.05) is 196 Å². The number of hydrogen-bond acceptors (Lipinski definition) is 3. The summed E-state index contributed by atoms with van der Waals surface area (Å²) >= 11 is 0. The maximum absolute atomic E-state index is 9.13. The summed E-state index contributed by atoms with van der Waals surface area (Å²) in [6.07, 6.45) is 7.88. The fourth-order valence-electron chi connectivity index (χ4n) is 15.2. The van der Waals surface area contributed by atoms with Gasteiger partial charge in [0, 0.05) is 63.3 Å². The van der Waals surface area contributed by atoms with Gasteiger partial charge in [0.2, 0.25) is 0 Å². The molecule has 5 heterocycles. The van der Waals surface area contributed by atoms with Gasteiger partial charge in [0.1, 0.15) is 17.0 Å². The Kier molecular flexibility index (Phi) is 12.9. The molecule has 1 aliphatic carbocycles. The Balaban J connectivity index is 0.00000819. The van der Waals surface area contributed by atoms with E-state index in [-0.39, 0.29) is 59.4 Å². The van der Waals surface area contributed by atoms with Crippen LogP contribution in [0.15, 0.2) is 223 Å². The van der Waals surface area contributed by atoms with E-state index in [9.17, 15) is 0 Å². The van der Waals surface area contributed by atoms with E-state index in [0.717, 1.165) is 140 Å². The van der Waals surface area contributed by atoms with E-state index < -0.39 is 13.7 Å². The largest absolute Gasteiger partial charge is 0.510 e. The van der Waals surface area contributed by atoms with Gasteiger partial charge < -0.3 is 18.3 Å². The Bertz CT molecular complexity index is 5960. The van der Waals surface area contributed by atoms with Crippen molar-refractivity contribution < 1.29 is 43.0 Å². The van der Waals surface area contributed by atoms with E-state index >= 15 is 0 Å². The summed E-state index contributed by atoms with van der Waals surface area (Å²) in [4.78, 5) is 4.95. The summed E-state index contributed by atoms with van der Waals surface area (Å²) in [5.74, 6) is 1.74. The number of benzene rings is 11. The first-order chi connectivity index (χ1) is 48.6. The molecule has 2 aliphatic rings. The van der Waals surface area contributed by atoms with Crippen molar-refractivity contribution in [2.24, 2.45) is 0 Å². The first-order valence-electron chi connectivity index (χ1n) is 36.4. The summed E-state index contributed by atoms with van der Waals surface area (Å²) in [6, 6.07) is 80.2. The molecule has 0 saturated heterocycles. The Morgan fingerprint density at radius 2 is 1.12 bits per heavy atom. The number of pyridine rings is 1. The van der Waals surface area contributed by atoms with Crippen molar-refractivity contribution in [3.63, 3.8) is 0 Å². The monoisotopic (exact) mass is 1450 g/mol. The van der Waals surface area contributed by atoms with Gasteiger partial charge in [0.05, 0.1) is 16.7 Å². The summed E-state index contributed by atoms with van der Waals surface area (Å²) in [6.45, 7) is 17.3. The Labute approximate surface area is 591 Å². The van der Waals surface area contributed by atoms with Crippen LogP contribution in [0, 0.1) is 32.2 Å². The number of nitrogens with zero attached hydrogens (tertiary/aromatic N) is 4. The van der Waals surface area contributed by atoms with Gasteiger partial charge >= 0.3 is 0 Å². The van der Waals surface area contributed by atoms with Crippen molar-refractivity contribution >= 4 is 54.8 Å². The number of para-hydroxylation sites is 2. The Morgan fingerprint density at radius 1 is 0.495 bits per heavy atom. The molecule has 97 heavy (non-hydrogen) atoms. The second kappa shape index (κ2) is 22.6. The molecule has 4 aromatic heterocycles. The fourth-order valence-corrected chi connectivity index (χ4v) is 15.2. The van der Waals surface area contributed by atoms with Crippen LogP contribution in [0.2, 0.25) is 0 Å². The van der Waals surface area contributed by atoms with E-state index in [1.807, 2.05) is 54.7 Å². The van der Waals surface area contributed by atoms with Crippen LogP contribution < -0.4 is 9.30 Å². The van der Waals surface area contributed by atoms with Crippen LogP contribution in [0.5, 0.6) is 11.5 Å².